The van der Waals surface area contributed by atoms with E-state index in [-0.39, 0.29) is 11.6 Å². The van der Waals surface area contributed by atoms with Gasteiger partial charge in [0.25, 0.3) is 5.91 Å². The standard InChI is InChI=1S/C17H14N6O2S/c1-2-25-11-3-4-12-14(9-11)26-17(19-12)20-16(24)13-5-6-15(22-21-13)23-8-7-18-10-23/h3-10H,2H2,1H3,(H,19,20,24). The van der Waals surface area contributed by atoms with Gasteiger partial charge in [0.1, 0.15) is 12.1 Å². The molecule has 26 heavy (non-hydrogen) atoms. The Morgan fingerprint density at radius 1 is 1.27 bits per heavy atom. The third kappa shape index (κ3) is 3.24. The molecule has 0 atom stereocenters. The van der Waals surface area contributed by atoms with Gasteiger partial charge in [-0.2, -0.15) is 0 Å². The molecular weight excluding hydrogens is 352 g/mol. The quantitative estimate of drug-likeness (QED) is 0.583. The first-order valence-corrected chi connectivity index (χ1v) is 8.71. The highest BCUT2D eigenvalue weighted by molar-refractivity contribution is 7.22. The molecule has 0 saturated carbocycles. The van der Waals surface area contributed by atoms with Crippen molar-refractivity contribution in [2.24, 2.45) is 0 Å². The predicted molar refractivity (Wildman–Crippen MR) is 97.9 cm³/mol. The van der Waals surface area contributed by atoms with E-state index >= 15 is 0 Å². The number of nitrogens with zero attached hydrogens (tertiary/aromatic N) is 5. The van der Waals surface area contributed by atoms with E-state index in [9.17, 15) is 4.79 Å². The van der Waals surface area contributed by atoms with Crippen molar-refractivity contribution in [3.8, 4) is 11.6 Å². The number of ether oxygens (including phenoxy) is 1. The molecule has 1 N–H and O–H groups in total. The number of thiazole rings is 1. The second-order valence-electron chi connectivity index (χ2n) is 5.28. The number of aromatic nitrogens is 5. The third-order valence-electron chi connectivity index (χ3n) is 3.54. The van der Waals surface area contributed by atoms with Crippen LogP contribution in [0, 0.1) is 0 Å². The van der Waals surface area contributed by atoms with E-state index in [4.69, 9.17) is 4.74 Å². The Labute approximate surface area is 152 Å². The average molecular weight is 366 g/mol. The monoisotopic (exact) mass is 366 g/mol. The Morgan fingerprint density at radius 2 is 2.19 bits per heavy atom. The Bertz CT molecular complexity index is 1040. The molecule has 0 fully saturated rings. The van der Waals surface area contributed by atoms with E-state index in [1.807, 2.05) is 25.1 Å². The van der Waals surface area contributed by atoms with Crippen molar-refractivity contribution in [3.63, 3.8) is 0 Å². The summed E-state index contributed by atoms with van der Waals surface area (Å²) in [6.45, 7) is 2.53. The minimum atomic E-state index is -0.362. The minimum absolute atomic E-state index is 0.211. The number of carbonyl (C=O) groups excluding carboxylic acids is 1. The molecule has 1 aromatic carbocycles. The van der Waals surface area contributed by atoms with Crippen molar-refractivity contribution < 1.29 is 9.53 Å². The van der Waals surface area contributed by atoms with Crippen LogP contribution in [0.3, 0.4) is 0 Å². The fourth-order valence-corrected chi connectivity index (χ4v) is 3.24. The van der Waals surface area contributed by atoms with Crippen LogP contribution in [0.4, 0.5) is 5.13 Å². The number of hydrogen-bond acceptors (Lipinski definition) is 7. The topological polar surface area (TPSA) is 94.8 Å². The summed E-state index contributed by atoms with van der Waals surface area (Å²) in [5, 5.41) is 11.3. The van der Waals surface area contributed by atoms with Crippen molar-refractivity contribution in [1.82, 2.24) is 24.7 Å². The van der Waals surface area contributed by atoms with Gasteiger partial charge in [-0.1, -0.05) is 11.3 Å². The summed E-state index contributed by atoms with van der Waals surface area (Å²) in [5.41, 5.74) is 1.01. The first kappa shape index (κ1) is 16.2. The molecule has 130 valence electrons. The maximum atomic E-state index is 12.4. The van der Waals surface area contributed by atoms with Crippen molar-refractivity contribution >= 4 is 32.6 Å². The van der Waals surface area contributed by atoms with E-state index in [1.54, 1.807) is 35.4 Å². The lowest BCUT2D eigenvalue weighted by molar-refractivity contribution is 0.102. The van der Waals surface area contributed by atoms with E-state index in [0.29, 0.717) is 17.6 Å². The number of benzene rings is 1. The fraction of sp³-hybridized carbons (Fsp3) is 0.118. The summed E-state index contributed by atoms with van der Waals surface area (Å²) in [6, 6.07) is 8.95. The number of amides is 1. The van der Waals surface area contributed by atoms with Crippen LogP contribution in [0.1, 0.15) is 17.4 Å². The molecule has 3 aromatic heterocycles. The average Bonchev–Trinajstić information content (AvgIpc) is 3.31. The maximum absolute atomic E-state index is 12.4. The molecule has 0 saturated heterocycles. The number of imidazole rings is 1. The number of anilines is 1. The Kier molecular flexibility index (Phi) is 4.28. The summed E-state index contributed by atoms with van der Waals surface area (Å²) in [6.07, 6.45) is 5.01. The normalized spacial score (nSPS) is 10.8. The van der Waals surface area contributed by atoms with Crippen LogP contribution in [0.5, 0.6) is 5.75 Å². The van der Waals surface area contributed by atoms with Crippen molar-refractivity contribution in [2.75, 3.05) is 11.9 Å². The molecule has 0 aliphatic heterocycles. The lowest BCUT2D eigenvalue weighted by Crippen LogP contribution is -2.14. The van der Waals surface area contributed by atoms with Gasteiger partial charge in [0.15, 0.2) is 16.6 Å². The molecule has 4 rings (SSSR count). The van der Waals surface area contributed by atoms with Crippen LogP contribution in [0.2, 0.25) is 0 Å². The first-order valence-electron chi connectivity index (χ1n) is 7.90. The van der Waals surface area contributed by atoms with Crippen LogP contribution >= 0.6 is 11.3 Å². The van der Waals surface area contributed by atoms with Crippen molar-refractivity contribution in [3.05, 3.63) is 54.7 Å². The molecule has 0 aliphatic rings. The molecule has 0 unspecified atom stereocenters. The molecule has 4 aromatic rings. The number of hydrogen-bond donors (Lipinski definition) is 1. The van der Waals surface area contributed by atoms with E-state index in [2.05, 4.69) is 25.5 Å². The molecule has 0 bridgehead atoms. The highest BCUT2D eigenvalue weighted by Gasteiger charge is 2.12. The first-order chi connectivity index (χ1) is 12.7. The third-order valence-corrected chi connectivity index (χ3v) is 4.48. The second-order valence-corrected chi connectivity index (χ2v) is 6.31. The number of nitrogens with one attached hydrogen (secondary N) is 1. The van der Waals surface area contributed by atoms with Crippen LogP contribution in [0.25, 0.3) is 16.0 Å². The Morgan fingerprint density at radius 3 is 2.92 bits per heavy atom. The summed E-state index contributed by atoms with van der Waals surface area (Å²) < 4.78 is 8.13. The van der Waals surface area contributed by atoms with Crippen LogP contribution in [0.15, 0.2) is 49.1 Å². The van der Waals surface area contributed by atoms with E-state index in [1.165, 1.54) is 11.3 Å². The summed E-state index contributed by atoms with van der Waals surface area (Å²) >= 11 is 1.38. The predicted octanol–water partition coefficient (Wildman–Crippen LogP) is 2.92. The van der Waals surface area contributed by atoms with Crippen molar-refractivity contribution in [1.29, 1.82) is 0 Å². The highest BCUT2D eigenvalue weighted by atomic mass is 32.1. The van der Waals surface area contributed by atoms with Crippen LogP contribution in [-0.4, -0.2) is 37.2 Å². The number of rotatable bonds is 5. The van der Waals surface area contributed by atoms with Gasteiger partial charge < -0.3 is 4.74 Å². The van der Waals surface area contributed by atoms with Crippen LogP contribution in [-0.2, 0) is 0 Å². The Hall–Kier alpha value is -3.33. The fourth-order valence-electron chi connectivity index (χ4n) is 2.35. The van der Waals surface area contributed by atoms with Gasteiger partial charge in [-0.05, 0) is 37.3 Å². The SMILES string of the molecule is CCOc1ccc2nc(NC(=O)c3ccc(-n4ccnc4)nn3)sc2c1. The minimum Gasteiger partial charge on any atom is -0.494 e. The van der Waals surface area contributed by atoms with E-state index in [0.717, 1.165) is 16.0 Å². The zero-order chi connectivity index (χ0) is 17.9. The molecule has 9 heteroatoms. The zero-order valence-electron chi connectivity index (χ0n) is 13.8. The van der Waals surface area contributed by atoms with Gasteiger partial charge in [0, 0.05) is 12.4 Å². The van der Waals surface area contributed by atoms with Gasteiger partial charge >= 0.3 is 0 Å². The molecule has 8 nitrogen and oxygen atoms in total. The van der Waals surface area contributed by atoms with E-state index < -0.39 is 0 Å². The summed E-state index contributed by atoms with van der Waals surface area (Å²) in [7, 11) is 0. The van der Waals surface area contributed by atoms with Crippen LogP contribution < -0.4 is 10.1 Å². The van der Waals surface area contributed by atoms with Gasteiger partial charge in [-0.25, -0.2) is 9.97 Å². The maximum Gasteiger partial charge on any atom is 0.277 e. The van der Waals surface area contributed by atoms with Gasteiger partial charge in [0.2, 0.25) is 0 Å². The smallest absolute Gasteiger partial charge is 0.277 e. The summed E-state index contributed by atoms with van der Waals surface area (Å²) in [5.74, 6) is 1.00. The van der Waals surface area contributed by atoms with Crippen molar-refractivity contribution in [2.45, 2.75) is 6.92 Å². The molecular formula is C17H14N6O2S. The highest BCUT2D eigenvalue weighted by Crippen LogP contribution is 2.29. The molecule has 1 amide bonds. The lowest BCUT2D eigenvalue weighted by atomic mass is 10.3. The molecule has 0 radical (unpaired) electrons. The Balaban J connectivity index is 1.51. The zero-order valence-corrected chi connectivity index (χ0v) is 14.6. The summed E-state index contributed by atoms with van der Waals surface area (Å²) in [4.78, 5) is 20.7. The molecule has 0 aliphatic carbocycles. The number of carbonyl (C=O) groups is 1. The second kappa shape index (κ2) is 6.89. The molecule has 3 heterocycles. The molecule has 0 spiro atoms. The number of fused-ring (bicyclic) bond motifs is 1. The lowest BCUT2D eigenvalue weighted by Gasteiger charge is -2.02. The van der Waals surface area contributed by atoms with Gasteiger partial charge in [0.05, 0.1) is 16.8 Å². The largest absolute Gasteiger partial charge is 0.494 e. The van der Waals surface area contributed by atoms with Gasteiger partial charge in [-0.3, -0.25) is 14.7 Å². The van der Waals surface area contributed by atoms with Gasteiger partial charge in [-0.15, -0.1) is 10.2 Å².